The highest BCUT2D eigenvalue weighted by molar-refractivity contribution is 5.94. The van der Waals surface area contributed by atoms with Crippen LogP contribution in [0.5, 0.6) is 0 Å². The molecule has 1 aliphatic carbocycles. The second-order valence-electron chi connectivity index (χ2n) is 17.4. The number of aromatic amines is 2. The van der Waals surface area contributed by atoms with E-state index in [9.17, 15) is 53.5 Å². The Kier molecular flexibility index (Phi) is 12.9. The summed E-state index contributed by atoms with van der Waals surface area (Å²) < 4.78 is 135. The first-order chi connectivity index (χ1) is 30.4. The molecule has 4 aromatic rings. The summed E-state index contributed by atoms with van der Waals surface area (Å²) in [4.78, 5) is 33.9. The van der Waals surface area contributed by atoms with Gasteiger partial charge in [-0.05, 0) is 86.1 Å². The highest BCUT2D eigenvalue weighted by atomic mass is 19.4. The van der Waals surface area contributed by atoms with E-state index in [1.807, 2.05) is 6.92 Å². The van der Waals surface area contributed by atoms with Crippen LogP contribution in [-0.4, -0.2) is 104 Å². The fraction of sp³-hybridized carbons (Fsp3) is 0.545. The molecule has 9 rings (SSSR count). The Morgan fingerprint density at radius 1 is 0.609 bits per heavy atom. The maximum absolute atomic E-state index is 14.0. The highest BCUT2D eigenvalue weighted by Crippen LogP contribution is 2.43. The molecule has 4 aliphatic heterocycles. The first kappa shape index (κ1) is 45.6. The maximum Gasteiger partial charge on any atom is 0.419 e. The van der Waals surface area contributed by atoms with Crippen LogP contribution in [0.25, 0.3) is 0 Å². The van der Waals surface area contributed by atoms with E-state index in [0.29, 0.717) is 24.5 Å². The molecule has 0 radical (unpaired) electrons. The Hall–Kier alpha value is -4.98. The Bertz CT molecular complexity index is 2360. The topological polar surface area (TPSA) is 104 Å². The molecule has 3 fully saturated rings. The van der Waals surface area contributed by atoms with Crippen molar-refractivity contribution in [2.75, 3.05) is 52.4 Å². The van der Waals surface area contributed by atoms with Crippen LogP contribution in [-0.2, 0) is 38.3 Å². The van der Waals surface area contributed by atoms with Crippen molar-refractivity contribution >= 4 is 11.8 Å². The van der Waals surface area contributed by atoms with E-state index < -0.39 is 58.6 Å². The number of hydrogen-bond donors (Lipinski definition) is 2. The van der Waals surface area contributed by atoms with Crippen LogP contribution in [0.15, 0.2) is 24.3 Å². The lowest BCUT2D eigenvalue weighted by molar-refractivity contribution is -0.142. The second kappa shape index (κ2) is 18.1. The molecule has 2 aromatic carbocycles. The number of rotatable bonds is 7. The van der Waals surface area contributed by atoms with Gasteiger partial charge in [0.1, 0.15) is 0 Å². The van der Waals surface area contributed by atoms with Crippen molar-refractivity contribution in [1.29, 1.82) is 0 Å². The number of nitrogens with one attached hydrogen (secondary N) is 2. The van der Waals surface area contributed by atoms with Crippen molar-refractivity contribution < 1.29 is 53.5 Å². The number of nitrogens with zero attached hydrogens (tertiary/aromatic N) is 6. The summed E-state index contributed by atoms with van der Waals surface area (Å²) in [5.74, 6) is -7.73. The zero-order valence-corrected chi connectivity index (χ0v) is 35.0. The second-order valence-corrected chi connectivity index (χ2v) is 17.4. The molecule has 0 unspecified atom stereocenters. The molecular formula is C44H48F10N8O2. The summed E-state index contributed by atoms with van der Waals surface area (Å²) >= 11 is 0. The van der Waals surface area contributed by atoms with E-state index in [0.717, 1.165) is 91.7 Å². The summed E-state index contributed by atoms with van der Waals surface area (Å²) in [6.07, 6.45) is -4.96. The van der Waals surface area contributed by atoms with Crippen molar-refractivity contribution in [3.05, 3.63) is 104 Å². The lowest BCUT2D eigenvalue weighted by Crippen LogP contribution is -2.39. The van der Waals surface area contributed by atoms with Gasteiger partial charge in [-0.1, -0.05) is 19.1 Å². The Morgan fingerprint density at radius 2 is 1.02 bits per heavy atom. The average Bonchev–Trinajstić information content (AvgIpc) is 3.83. The third-order valence-corrected chi connectivity index (χ3v) is 13.4. The standard InChI is InChI=1S/C23H25F5N4O.C21H23F5N4O/c24-17-4-3-15(19(20(17)25)23(26,27)28)14-5-9-32(10-6-14)22(33)21-16-12-31(11-13-1-2-13)8-7-18(16)29-30-21;1-2-29-8-7-16-14(11-29)19(28-27-16)20(31)30-9-5-12(6-10-30)13-3-4-15(22)18(23)17(13)21(24,25)26/h3-4,13-14H,1-2,5-12H2,(H,29,30);3-4,12H,2,5-11H2,1H3,(H,27,28). The number of fused-ring (bicyclic) bond motifs is 2. The van der Waals surface area contributed by atoms with Gasteiger partial charge in [0, 0.05) is 94.3 Å². The normalized spacial score (nSPS) is 19.3. The van der Waals surface area contributed by atoms with E-state index >= 15 is 0 Å². The molecule has 20 heteroatoms. The number of H-pyrrole nitrogens is 2. The van der Waals surface area contributed by atoms with Gasteiger partial charge in [-0.25, -0.2) is 17.6 Å². The number of benzene rings is 2. The molecule has 1 saturated carbocycles. The number of alkyl halides is 6. The molecule has 346 valence electrons. The SMILES string of the molecule is CCN1CCc2[nH]nc(C(=O)N3CCC(c4ccc(F)c(F)c4C(F)(F)F)CC3)c2C1.O=C(c1n[nH]c2c1CN(CC1CC1)CC2)N1CCC(c2ccc(F)c(F)c2C(F)(F)F)CC1. The number of carbonyl (C=O) groups excluding carboxylic acids is 2. The molecule has 5 aliphatic rings. The van der Waals surface area contributed by atoms with Crippen molar-refractivity contribution in [3.63, 3.8) is 0 Å². The van der Waals surface area contributed by atoms with E-state index in [1.54, 1.807) is 9.80 Å². The van der Waals surface area contributed by atoms with Crippen LogP contribution in [0.1, 0.15) is 123 Å². The van der Waals surface area contributed by atoms with Gasteiger partial charge in [0.2, 0.25) is 0 Å². The Balaban J connectivity index is 0.000000175. The lowest BCUT2D eigenvalue weighted by atomic mass is 9.85. The zero-order chi connectivity index (χ0) is 45.7. The van der Waals surface area contributed by atoms with E-state index in [1.165, 1.54) is 12.8 Å². The van der Waals surface area contributed by atoms with Crippen molar-refractivity contribution in [2.45, 2.75) is 95.6 Å². The van der Waals surface area contributed by atoms with Crippen molar-refractivity contribution in [1.82, 2.24) is 40.0 Å². The molecule has 2 aromatic heterocycles. The van der Waals surface area contributed by atoms with Crippen LogP contribution in [0, 0.1) is 29.2 Å². The fourth-order valence-electron chi connectivity index (χ4n) is 9.62. The number of likely N-dealkylation sites (N-methyl/N-ethyl adjacent to an activating group) is 1. The van der Waals surface area contributed by atoms with Gasteiger partial charge in [0.25, 0.3) is 11.8 Å². The molecule has 0 atom stereocenters. The number of likely N-dealkylation sites (tertiary alicyclic amines) is 2. The highest BCUT2D eigenvalue weighted by Gasteiger charge is 2.43. The third-order valence-electron chi connectivity index (χ3n) is 13.4. The number of carbonyl (C=O) groups is 2. The Morgan fingerprint density at radius 3 is 1.41 bits per heavy atom. The van der Waals surface area contributed by atoms with Crippen LogP contribution >= 0.6 is 0 Å². The lowest BCUT2D eigenvalue weighted by Gasteiger charge is -2.33. The van der Waals surface area contributed by atoms with Crippen molar-refractivity contribution in [3.8, 4) is 0 Å². The summed E-state index contributed by atoms with van der Waals surface area (Å²) in [6.45, 7) is 7.95. The fourth-order valence-corrected chi connectivity index (χ4v) is 9.62. The smallest absolute Gasteiger partial charge is 0.337 e. The molecule has 0 spiro atoms. The van der Waals surface area contributed by atoms with Crippen molar-refractivity contribution in [2.24, 2.45) is 5.92 Å². The van der Waals surface area contributed by atoms with Gasteiger partial charge in [0.05, 0.1) is 11.1 Å². The molecule has 6 heterocycles. The number of amides is 2. The van der Waals surface area contributed by atoms with Gasteiger partial charge in [-0.15, -0.1) is 0 Å². The third kappa shape index (κ3) is 9.39. The molecule has 10 nitrogen and oxygen atoms in total. The Labute approximate surface area is 362 Å². The van der Waals surface area contributed by atoms with E-state index in [4.69, 9.17) is 0 Å². The summed E-state index contributed by atoms with van der Waals surface area (Å²) in [6, 6.07) is 3.49. The van der Waals surface area contributed by atoms with Gasteiger partial charge in [-0.2, -0.15) is 36.5 Å². The molecule has 0 bridgehead atoms. The minimum atomic E-state index is -4.99. The monoisotopic (exact) mass is 910 g/mol. The number of halogens is 10. The summed E-state index contributed by atoms with van der Waals surface area (Å²) in [5, 5.41) is 14.4. The summed E-state index contributed by atoms with van der Waals surface area (Å²) in [7, 11) is 0. The molecule has 64 heavy (non-hydrogen) atoms. The predicted molar refractivity (Wildman–Crippen MR) is 212 cm³/mol. The quantitative estimate of drug-likeness (QED) is 0.180. The number of hydrogen-bond acceptors (Lipinski definition) is 6. The predicted octanol–water partition coefficient (Wildman–Crippen LogP) is 8.60. The summed E-state index contributed by atoms with van der Waals surface area (Å²) in [5.41, 5.74) is 0.854. The van der Waals surface area contributed by atoms with Gasteiger partial charge in [0.15, 0.2) is 34.7 Å². The molecular weight excluding hydrogens is 863 g/mol. The maximum atomic E-state index is 14.0. The molecule has 2 N–H and O–H groups in total. The van der Waals surface area contributed by atoms with Crippen LogP contribution in [0.3, 0.4) is 0 Å². The average molecular weight is 911 g/mol. The van der Waals surface area contributed by atoms with Gasteiger partial charge in [-0.3, -0.25) is 29.6 Å². The van der Waals surface area contributed by atoms with Gasteiger partial charge < -0.3 is 9.80 Å². The number of aromatic nitrogens is 4. The van der Waals surface area contributed by atoms with E-state index in [2.05, 4.69) is 30.2 Å². The first-order valence-electron chi connectivity index (χ1n) is 21.7. The van der Waals surface area contributed by atoms with Gasteiger partial charge >= 0.3 is 12.4 Å². The molecule has 2 saturated heterocycles. The number of piperidine rings is 2. The largest absolute Gasteiger partial charge is 0.419 e. The molecule has 2 amide bonds. The minimum Gasteiger partial charge on any atom is -0.337 e. The van der Waals surface area contributed by atoms with Crippen LogP contribution < -0.4 is 0 Å². The minimum absolute atomic E-state index is 0.221. The zero-order valence-electron chi connectivity index (χ0n) is 35.0. The van der Waals surface area contributed by atoms with E-state index in [-0.39, 0.29) is 74.8 Å². The van der Waals surface area contributed by atoms with Crippen LogP contribution in [0.4, 0.5) is 43.9 Å². The van der Waals surface area contributed by atoms with Crippen LogP contribution in [0.2, 0.25) is 0 Å². The first-order valence-corrected chi connectivity index (χ1v) is 21.7.